The van der Waals surface area contributed by atoms with E-state index in [4.69, 9.17) is 4.11 Å². The summed E-state index contributed by atoms with van der Waals surface area (Å²) in [4.78, 5) is 21.0. The summed E-state index contributed by atoms with van der Waals surface area (Å²) >= 11 is 0. The minimum Gasteiger partial charge on any atom is -0.300 e. The molecule has 0 fully saturated rings. The van der Waals surface area contributed by atoms with E-state index >= 15 is 0 Å². The monoisotopic (exact) mass is 117 g/mol. The van der Waals surface area contributed by atoms with Crippen molar-refractivity contribution >= 4 is 11.6 Å². The number of carbonyl (C=O) groups is 2. The molecule has 0 N–H and O–H groups in total. The highest BCUT2D eigenvalue weighted by atomic mass is 16.1. The van der Waals surface area contributed by atoms with Crippen LogP contribution in [0.5, 0.6) is 0 Å². The Morgan fingerprint density at radius 1 is 1.38 bits per heavy atom. The first-order chi connectivity index (χ1) is 4.84. The smallest absolute Gasteiger partial charge is 0.130 e. The fourth-order valence-corrected chi connectivity index (χ4v) is 0.290. The number of Topliss-reactive ketones (excluding diaryl/α,β-unsaturated/α-hetero) is 2. The molecule has 2 nitrogen and oxygen atoms in total. The number of rotatable bonds is 3. The van der Waals surface area contributed by atoms with E-state index < -0.39 is 12.6 Å². The third-order valence-electron chi connectivity index (χ3n) is 0.704. The molecule has 0 aromatic heterocycles. The first kappa shape index (κ1) is 3.38. The lowest BCUT2D eigenvalue weighted by Gasteiger charge is -1.86. The molecule has 0 aromatic rings. The van der Waals surface area contributed by atoms with Gasteiger partial charge in [-0.05, 0) is 13.8 Å². The molecule has 2 heteroatoms. The standard InChI is InChI=1S/C6H10O2/c1-5(7)3-4-6(2)8/h3-4H2,1-2H3/i1D3. The third-order valence-corrected chi connectivity index (χ3v) is 0.704. The lowest BCUT2D eigenvalue weighted by atomic mass is 10.2. The van der Waals surface area contributed by atoms with Crippen LogP contribution in [0.25, 0.3) is 0 Å². The van der Waals surface area contributed by atoms with Crippen molar-refractivity contribution in [3.63, 3.8) is 0 Å². The Hall–Kier alpha value is -0.660. The van der Waals surface area contributed by atoms with E-state index in [0.29, 0.717) is 0 Å². The average Bonchev–Trinajstić information content (AvgIpc) is 1.80. The van der Waals surface area contributed by atoms with Crippen molar-refractivity contribution in [1.29, 1.82) is 0 Å². The van der Waals surface area contributed by atoms with Crippen LogP contribution in [0.2, 0.25) is 0 Å². The van der Waals surface area contributed by atoms with E-state index in [1.807, 2.05) is 0 Å². The van der Waals surface area contributed by atoms with Crippen LogP contribution in [-0.4, -0.2) is 11.6 Å². The zero-order valence-corrected chi connectivity index (χ0v) is 4.73. The molecule has 0 rings (SSSR count). The predicted molar refractivity (Wildman–Crippen MR) is 30.6 cm³/mol. The SMILES string of the molecule is [2H]C([2H])([2H])C(=O)CCC(C)=O. The Morgan fingerprint density at radius 3 is 2.25 bits per heavy atom. The number of hydrogen-bond acceptors (Lipinski definition) is 2. The fraction of sp³-hybridized carbons (Fsp3) is 0.667. The zero-order chi connectivity index (χ0) is 9.07. The molecule has 0 atom stereocenters. The zero-order valence-electron chi connectivity index (χ0n) is 7.73. The quantitative estimate of drug-likeness (QED) is 0.551. The van der Waals surface area contributed by atoms with Gasteiger partial charge in [-0.25, -0.2) is 0 Å². The van der Waals surface area contributed by atoms with Gasteiger partial charge in [-0.1, -0.05) is 0 Å². The highest BCUT2D eigenvalue weighted by molar-refractivity contribution is 5.83. The van der Waals surface area contributed by atoms with E-state index in [9.17, 15) is 9.59 Å². The molecule has 0 radical (unpaired) electrons. The highest BCUT2D eigenvalue weighted by Crippen LogP contribution is 1.89. The largest absolute Gasteiger partial charge is 0.300 e. The summed E-state index contributed by atoms with van der Waals surface area (Å²) in [6.45, 7) is -1.22. The maximum atomic E-state index is 10.7. The van der Waals surface area contributed by atoms with Crippen LogP contribution < -0.4 is 0 Å². The van der Waals surface area contributed by atoms with Gasteiger partial charge in [0.25, 0.3) is 0 Å². The molecule has 0 heterocycles. The number of carbonyl (C=O) groups excluding carboxylic acids is 2. The molecule has 0 aliphatic heterocycles. The molecule has 0 spiro atoms. The van der Waals surface area contributed by atoms with E-state index in [2.05, 4.69) is 0 Å². The van der Waals surface area contributed by atoms with Gasteiger partial charge >= 0.3 is 0 Å². The maximum absolute atomic E-state index is 10.7. The van der Waals surface area contributed by atoms with Crippen molar-refractivity contribution in [2.45, 2.75) is 26.6 Å². The molecular weight excluding hydrogens is 104 g/mol. The predicted octanol–water partition coefficient (Wildman–Crippen LogP) is 0.945. The summed E-state index contributed by atoms with van der Waals surface area (Å²) in [5.74, 6) is -1.00. The lowest BCUT2D eigenvalue weighted by Crippen LogP contribution is -1.95. The molecular formula is C6H10O2. The van der Waals surface area contributed by atoms with Gasteiger partial charge in [0.05, 0.1) is 0 Å². The molecule has 0 saturated carbocycles. The van der Waals surface area contributed by atoms with Crippen LogP contribution in [0.1, 0.15) is 30.7 Å². The topological polar surface area (TPSA) is 34.1 Å². The van der Waals surface area contributed by atoms with Crippen LogP contribution >= 0.6 is 0 Å². The minimum absolute atomic E-state index is 0.0250. The molecule has 8 heavy (non-hydrogen) atoms. The lowest BCUT2D eigenvalue weighted by molar-refractivity contribution is -0.122. The summed E-state index contributed by atoms with van der Waals surface area (Å²) < 4.78 is 20.0. The number of ketones is 2. The second-order valence-corrected chi connectivity index (χ2v) is 1.63. The summed E-state index contributed by atoms with van der Waals surface area (Å²) in [5, 5.41) is 0. The fourth-order valence-electron chi connectivity index (χ4n) is 0.290. The number of hydrogen-bond donors (Lipinski definition) is 0. The van der Waals surface area contributed by atoms with Crippen LogP contribution in [0, 0.1) is 0 Å². The van der Waals surface area contributed by atoms with Gasteiger partial charge in [0.1, 0.15) is 11.6 Å². The van der Waals surface area contributed by atoms with Crippen molar-refractivity contribution < 1.29 is 13.7 Å². The Morgan fingerprint density at radius 2 is 1.88 bits per heavy atom. The molecule has 46 valence electrons. The second kappa shape index (κ2) is 3.36. The molecule has 0 unspecified atom stereocenters. The van der Waals surface area contributed by atoms with Crippen molar-refractivity contribution in [3.05, 3.63) is 0 Å². The van der Waals surface area contributed by atoms with E-state index in [1.165, 1.54) is 6.92 Å². The summed E-state index contributed by atoms with van der Waals surface area (Å²) in [7, 11) is 0. The van der Waals surface area contributed by atoms with Gasteiger partial charge in [-0.15, -0.1) is 0 Å². The Labute approximate surface area is 53.1 Å². The summed E-state index contributed by atoms with van der Waals surface area (Å²) in [6, 6.07) is 0. The van der Waals surface area contributed by atoms with E-state index in [-0.39, 0.29) is 18.6 Å². The Bertz CT molecular complexity index is 171. The van der Waals surface area contributed by atoms with Gasteiger partial charge in [0, 0.05) is 17.0 Å². The van der Waals surface area contributed by atoms with Crippen molar-refractivity contribution in [2.75, 3.05) is 0 Å². The van der Waals surface area contributed by atoms with Gasteiger partial charge in [-0.2, -0.15) is 0 Å². The molecule has 0 bridgehead atoms. The van der Waals surface area contributed by atoms with Crippen molar-refractivity contribution in [1.82, 2.24) is 0 Å². The van der Waals surface area contributed by atoms with Crippen LogP contribution in [-0.2, 0) is 9.59 Å². The van der Waals surface area contributed by atoms with Crippen LogP contribution in [0.4, 0.5) is 0 Å². The third kappa shape index (κ3) is 5.34. The van der Waals surface area contributed by atoms with E-state index in [1.54, 1.807) is 0 Å². The van der Waals surface area contributed by atoms with Gasteiger partial charge in [0.15, 0.2) is 0 Å². The van der Waals surface area contributed by atoms with Gasteiger partial charge < -0.3 is 9.59 Å². The summed E-state index contributed by atoms with van der Waals surface area (Å²) in [6.07, 6.45) is -0.150. The highest BCUT2D eigenvalue weighted by Gasteiger charge is 1.95. The van der Waals surface area contributed by atoms with Crippen molar-refractivity contribution in [3.8, 4) is 0 Å². The van der Waals surface area contributed by atoms with Gasteiger partial charge in [0.2, 0.25) is 0 Å². The Kier molecular flexibility index (Phi) is 1.42. The molecule has 0 aliphatic carbocycles. The normalized spacial score (nSPS) is 15.9. The first-order valence-electron chi connectivity index (χ1n) is 3.87. The van der Waals surface area contributed by atoms with Crippen LogP contribution in [0.15, 0.2) is 0 Å². The second-order valence-electron chi connectivity index (χ2n) is 1.63. The summed E-state index contributed by atoms with van der Waals surface area (Å²) in [5.41, 5.74) is 0. The molecule has 0 aromatic carbocycles. The molecule has 0 saturated heterocycles. The van der Waals surface area contributed by atoms with Gasteiger partial charge in [-0.3, -0.25) is 0 Å². The minimum atomic E-state index is -2.55. The Balaban J connectivity index is 3.80. The molecule has 0 aliphatic rings. The first-order valence-corrected chi connectivity index (χ1v) is 2.37. The maximum Gasteiger partial charge on any atom is 0.130 e. The van der Waals surface area contributed by atoms with Crippen molar-refractivity contribution in [2.24, 2.45) is 0 Å². The van der Waals surface area contributed by atoms with Crippen LogP contribution in [0.3, 0.4) is 0 Å². The molecule has 0 amide bonds. The average molecular weight is 117 g/mol. The van der Waals surface area contributed by atoms with E-state index in [0.717, 1.165) is 0 Å².